The van der Waals surface area contributed by atoms with E-state index in [1.54, 1.807) is 12.1 Å². The number of H-pyrrole nitrogens is 1. The number of tetrazole rings is 1. The first-order valence-electron chi connectivity index (χ1n) is 9.76. The van der Waals surface area contributed by atoms with Crippen molar-refractivity contribution in [1.29, 1.82) is 0 Å². The molecule has 0 saturated heterocycles. The number of carbonyl (C=O) groups excluding carboxylic acids is 1. The van der Waals surface area contributed by atoms with Gasteiger partial charge in [-0.05, 0) is 48.9 Å². The van der Waals surface area contributed by atoms with Gasteiger partial charge in [-0.2, -0.15) is 5.21 Å². The minimum atomic E-state index is -1.12. The predicted molar refractivity (Wildman–Crippen MR) is 128 cm³/mol. The van der Waals surface area contributed by atoms with Gasteiger partial charge in [-0.3, -0.25) is 4.79 Å². The van der Waals surface area contributed by atoms with Crippen LogP contribution in [0, 0.1) is 0 Å². The number of aromatic amines is 1. The fourth-order valence-corrected chi connectivity index (χ4v) is 4.82. The van der Waals surface area contributed by atoms with Crippen molar-refractivity contribution in [2.24, 2.45) is 0 Å². The van der Waals surface area contributed by atoms with Crippen LogP contribution >= 0.6 is 34.5 Å². The second kappa shape index (κ2) is 9.30. The molecule has 8 nitrogen and oxygen atoms in total. The highest BCUT2D eigenvalue weighted by atomic mass is 35.5. The van der Waals surface area contributed by atoms with Crippen LogP contribution in [0.15, 0.2) is 48.5 Å². The first-order chi connectivity index (χ1) is 15.8. The van der Waals surface area contributed by atoms with Crippen LogP contribution in [0.3, 0.4) is 0 Å². The molecule has 0 radical (unpaired) electrons. The summed E-state index contributed by atoms with van der Waals surface area (Å²) in [5.41, 5.74) is 2.10. The Morgan fingerprint density at radius 1 is 1.06 bits per heavy atom. The quantitative estimate of drug-likeness (QED) is 0.352. The molecule has 0 spiro atoms. The van der Waals surface area contributed by atoms with E-state index in [-0.39, 0.29) is 21.5 Å². The van der Waals surface area contributed by atoms with Gasteiger partial charge in [-0.25, -0.2) is 4.79 Å². The number of hydrogen-bond acceptors (Lipinski definition) is 6. The Hall–Kier alpha value is -3.27. The van der Waals surface area contributed by atoms with Gasteiger partial charge in [0.25, 0.3) is 5.91 Å². The van der Waals surface area contributed by atoms with Gasteiger partial charge in [0.1, 0.15) is 4.88 Å². The topological polar surface area (TPSA) is 112 Å². The minimum Gasteiger partial charge on any atom is -0.477 e. The molecule has 4 rings (SSSR count). The van der Waals surface area contributed by atoms with Gasteiger partial charge in [0.15, 0.2) is 0 Å². The van der Waals surface area contributed by atoms with Crippen molar-refractivity contribution in [2.75, 3.05) is 4.90 Å². The summed E-state index contributed by atoms with van der Waals surface area (Å²) < 4.78 is 0. The number of anilines is 1. The van der Waals surface area contributed by atoms with Crippen molar-refractivity contribution >= 4 is 52.1 Å². The number of thiophene rings is 1. The average Bonchev–Trinajstić information content (AvgIpc) is 3.44. The molecule has 2 N–H and O–H groups in total. The van der Waals surface area contributed by atoms with Crippen molar-refractivity contribution in [1.82, 2.24) is 20.6 Å². The summed E-state index contributed by atoms with van der Waals surface area (Å²) in [7, 11) is 0. The lowest BCUT2D eigenvalue weighted by molar-refractivity contribution is 0.0703. The zero-order valence-electron chi connectivity index (χ0n) is 17.4. The summed E-state index contributed by atoms with van der Waals surface area (Å²) in [6.45, 7) is 3.62. The number of halogens is 2. The molecule has 0 aliphatic heterocycles. The van der Waals surface area contributed by atoms with E-state index < -0.39 is 11.9 Å². The number of nitrogens with one attached hydrogen (secondary N) is 1. The Balaban J connectivity index is 1.76. The largest absolute Gasteiger partial charge is 0.477 e. The Labute approximate surface area is 202 Å². The normalized spacial score (nSPS) is 11.1. The Kier molecular flexibility index (Phi) is 6.46. The molecule has 0 saturated carbocycles. The van der Waals surface area contributed by atoms with E-state index in [1.165, 1.54) is 17.0 Å². The van der Waals surface area contributed by atoms with Gasteiger partial charge in [-0.1, -0.05) is 47.5 Å². The van der Waals surface area contributed by atoms with Crippen molar-refractivity contribution in [2.45, 2.75) is 19.9 Å². The lowest BCUT2D eigenvalue weighted by Gasteiger charge is -2.27. The first-order valence-corrected chi connectivity index (χ1v) is 11.3. The summed E-state index contributed by atoms with van der Waals surface area (Å²) in [5, 5.41) is 24.3. The van der Waals surface area contributed by atoms with Crippen LogP contribution in [0.25, 0.3) is 21.8 Å². The van der Waals surface area contributed by atoms with Crippen molar-refractivity contribution < 1.29 is 14.7 Å². The highest BCUT2D eigenvalue weighted by molar-refractivity contribution is 7.18. The predicted octanol–water partition coefficient (Wildman–Crippen LogP) is 5.66. The van der Waals surface area contributed by atoms with Crippen LogP contribution in [0.1, 0.15) is 33.9 Å². The molecule has 11 heteroatoms. The number of nitrogens with zero attached hydrogens (tertiary/aromatic N) is 4. The summed E-state index contributed by atoms with van der Waals surface area (Å²) in [6, 6.07) is 13.3. The molecule has 0 fully saturated rings. The van der Waals surface area contributed by atoms with Gasteiger partial charge < -0.3 is 10.0 Å². The van der Waals surface area contributed by atoms with Gasteiger partial charge >= 0.3 is 5.97 Å². The number of amides is 1. The maximum Gasteiger partial charge on any atom is 0.348 e. The molecule has 1 amide bonds. The molecule has 0 aliphatic carbocycles. The van der Waals surface area contributed by atoms with Crippen LogP contribution in [-0.4, -0.2) is 43.6 Å². The molecule has 4 aromatic rings. The number of hydrogen-bond donors (Lipinski definition) is 2. The third-order valence-corrected chi connectivity index (χ3v) is 6.55. The molecular weight excluding hydrogens is 485 g/mol. The summed E-state index contributed by atoms with van der Waals surface area (Å²) in [6.07, 6.45) is 0. The zero-order chi connectivity index (χ0) is 23.7. The monoisotopic (exact) mass is 501 g/mol. The highest BCUT2D eigenvalue weighted by Crippen LogP contribution is 2.39. The maximum atomic E-state index is 13.4. The minimum absolute atomic E-state index is 0.0550. The number of benzene rings is 2. The van der Waals surface area contributed by atoms with E-state index in [1.807, 2.05) is 38.1 Å². The number of carbonyl (C=O) groups is 2. The summed E-state index contributed by atoms with van der Waals surface area (Å²) in [4.78, 5) is 27.7. The Bertz CT molecular complexity index is 1320. The number of carboxylic acid groups (broad SMARTS) is 1. The lowest BCUT2D eigenvalue weighted by Crippen LogP contribution is -2.37. The highest BCUT2D eigenvalue weighted by Gasteiger charge is 2.29. The van der Waals surface area contributed by atoms with E-state index in [2.05, 4.69) is 20.6 Å². The molecule has 168 valence electrons. The summed E-state index contributed by atoms with van der Waals surface area (Å²) >= 11 is 13.3. The van der Waals surface area contributed by atoms with Gasteiger partial charge in [0.05, 0.1) is 16.3 Å². The van der Waals surface area contributed by atoms with Crippen LogP contribution in [0.4, 0.5) is 5.69 Å². The van der Waals surface area contributed by atoms with Crippen molar-refractivity contribution in [3.8, 4) is 21.8 Å². The van der Waals surface area contributed by atoms with Gasteiger partial charge in [0.2, 0.25) is 5.82 Å². The van der Waals surface area contributed by atoms with Crippen LogP contribution in [0.2, 0.25) is 10.0 Å². The Morgan fingerprint density at radius 3 is 2.33 bits per heavy atom. The third-order valence-electron chi connectivity index (χ3n) is 4.84. The fourth-order valence-electron chi connectivity index (χ4n) is 3.34. The zero-order valence-corrected chi connectivity index (χ0v) is 19.7. The molecular formula is C22H17Cl2N5O3S. The lowest BCUT2D eigenvalue weighted by atomic mass is 10.1. The van der Waals surface area contributed by atoms with Gasteiger partial charge in [0, 0.05) is 21.5 Å². The Morgan fingerprint density at radius 2 is 1.76 bits per heavy atom. The second-order valence-corrected chi connectivity index (χ2v) is 9.23. The molecule has 0 atom stereocenters. The SMILES string of the molecule is CC(C)N(C(=O)c1ccc(Cl)cc1Cl)c1cc(-c2ccc(-c3nn[nH]n3)cc2)sc1C(=O)O. The fraction of sp³-hybridized carbons (Fsp3) is 0.136. The van der Waals surface area contributed by atoms with E-state index in [9.17, 15) is 14.7 Å². The van der Waals surface area contributed by atoms with Crippen LogP contribution in [-0.2, 0) is 0 Å². The van der Waals surface area contributed by atoms with E-state index in [0.29, 0.717) is 21.4 Å². The van der Waals surface area contributed by atoms with Gasteiger partial charge in [-0.15, -0.1) is 21.5 Å². The van der Waals surface area contributed by atoms with E-state index in [0.717, 1.165) is 22.5 Å². The van der Waals surface area contributed by atoms with E-state index in [4.69, 9.17) is 23.2 Å². The van der Waals surface area contributed by atoms with Crippen molar-refractivity contribution in [3.63, 3.8) is 0 Å². The number of rotatable bonds is 6. The number of carboxylic acids is 1. The molecule has 33 heavy (non-hydrogen) atoms. The maximum absolute atomic E-state index is 13.4. The van der Waals surface area contributed by atoms with Crippen LogP contribution in [0.5, 0.6) is 0 Å². The smallest absolute Gasteiger partial charge is 0.348 e. The second-order valence-electron chi connectivity index (χ2n) is 7.34. The standard InChI is InChI=1S/C22H17Cl2N5O3S/c1-11(2)29(21(30)15-8-7-14(23)9-16(15)24)17-10-18(33-19(17)22(31)32)12-3-5-13(6-4-12)20-25-27-28-26-20/h3-11H,1-2H3,(H,31,32)(H,25,26,27,28). The molecule has 2 heterocycles. The first kappa shape index (κ1) is 22.9. The molecule has 0 bridgehead atoms. The average molecular weight is 502 g/mol. The van der Waals surface area contributed by atoms with Crippen LogP contribution < -0.4 is 4.90 Å². The number of aromatic carboxylic acids is 1. The molecule has 2 aromatic carbocycles. The summed E-state index contributed by atoms with van der Waals surface area (Å²) in [5.74, 6) is -1.08. The number of aromatic nitrogens is 4. The molecule has 0 unspecified atom stereocenters. The van der Waals surface area contributed by atoms with Crippen molar-refractivity contribution in [3.05, 3.63) is 69.0 Å². The third kappa shape index (κ3) is 4.61. The molecule has 0 aliphatic rings. The van der Waals surface area contributed by atoms with E-state index >= 15 is 0 Å². The molecule has 2 aromatic heterocycles.